The van der Waals surface area contributed by atoms with Crippen molar-refractivity contribution in [2.75, 3.05) is 5.43 Å². The SMILES string of the molecule is Fc1ccccc1COc1ccccc1/C=N/Nc1nc2ccccc2s1. The number of thiazole rings is 1. The Hall–Kier alpha value is -3.25. The van der Waals surface area contributed by atoms with E-state index in [1.54, 1.807) is 24.4 Å². The van der Waals surface area contributed by atoms with Crippen molar-refractivity contribution in [2.45, 2.75) is 6.61 Å². The summed E-state index contributed by atoms with van der Waals surface area (Å²) in [6.45, 7) is 0.156. The fourth-order valence-corrected chi connectivity index (χ4v) is 3.38. The summed E-state index contributed by atoms with van der Waals surface area (Å²) in [7, 11) is 0. The lowest BCUT2D eigenvalue weighted by Gasteiger charge is -2.09. The number of hydrogen-bond acceptors (Lipinski definition) is 5. The van der Waals surface area contributed by atoms with E-state index in [1.807, 2.05) is 48.5 Å². The second-order valence-electron chi connectivity index (χ2n) is 5.77. The third-order valence-corrected chi connectivity index (χ3v) is 4.86. The number of benzene rings is 3. The maximum absolute atomic E-state index is 13.7. The van der Waals surface area contributed by atoms with Crippen LogP contribution in [0, 0.1) is 5.82 Å². The fraction of sp³-hybridized carbons (Fsp3) is 0.0476. The first-order valence-electron chi connectivity index (χ1n) is 8.39. The summed E-state index contributed by atoms with van der Waals surface area (Å²) < 4.78 is 20.6. The Labute approximate surface area is 160 Å². The van der Waals surface area contributed by atoms with Gasteiger partial charge in [-0.3, -0.25) is 5.43 Å². The molecule has 3 aromatic carbocycles. The molecule has 27 heavy (non-hydrogen) atoms. The van der Waals surface area contributed by atoms with E-state index < -0.39 is 0 Å². The van der Waals surface area contributed by atoms with Crippen LogP contribution in [0.5, 0.6) is 5.75 Å². The number of hydrogen-bond donors (Lipinski definition) is 1. The van der Waals surface area contributed by atoms with E-state index in [0.717, 1.165) is 20.9 Å². The third kappa shape index (κ3) is 4.12. The van der Waals surface area contributed by atoms with Crippen molar-refractivity contribution in [1.82, 2.24) is 4.98 Å². The number of anilines is 1. The van der Waals surface area contributed by atoms with Gasteiger partial charge in [-0.15, -0.1) is 0 Å². The van der Waals surface area contributed by atoms with Crippen molar-refractivity contribution >= 4 is 32.9 Å². The molecule has 0 fully saturated rings. The Bertz CT molecular complexity index is 1060. The van der Waals surface area contributed by atoms with Crippen molar-refractivity contribution in [3.63, 3.8) is 0 Å². The molecule has 0 saturated heterocycles. The highest BCUT2D eigenvalue weighted by molar-refractivity contribution is 7.22. The van der Waals surface area contributed by atoms with Crippen LogP contribution >= 0.6 is 11.3 Å². The summed E-state index contributed by atoms with van der Waals surface area (Å²) >= 11 is 1.54. The molecule has 1 N–H and O–H groups in total. The molecule has 6 heteroatoms. The molecule has 1 aromatic heterocycles. The molecule has 0 saturated carbocycles. The molecule has 0 spiro atoms. The largest absolute Gasteiger partial charge is 0.488 e. The van der Waals surface area contributed by atoms with E-state index in [9.17, 15) is 4.39 Å². The predicted octanol–water partition coefficient (Wildman–Crippen LogP) is 5.46. The molecule has 0 atom stereocenters. The van der Waals surface area contributed by atoms with Gasteiger partial charge >= 0.3 is 0 Å². The van der Waals surface area contributed by atoms with Crippen molar-refractivity contribution in [1.29, 1.82) is 0 Å². The third-order valence-electron chi connectivity index (χ3n) is 3.92. The number of halogens is 1. The number of nitrogens with zero attached hydrogens (tertiary/aromatic N) is 2. The second kappa shape index (κ2) is 7.97. The van der Waals surface area contributed by atoms with Gasteiger partial charge in [0.1, 0.15) is 18.2 Å². The molecule has 1 heterocycles. The number of aromatic nitrogens is 1. The first-order valence-corrected chi connectivity index (χ1v) is 9.21. The van der Waals surface area contributed by atoms with Gasteiger partial charge in [0.05, 0.1) is 16.4 Å². The Morgan fingerprint density at radius 2 is 1.78 bits per heavy atom. The zero-order chi connectivity index (χ0) is 18.5. The lowest BCUT2D eigenvalue weighted by molar-refractivity contribution is 0.299. The summed E-state index contributed by atoms with van der Waals surface area (Å²) in [5.41, 5.74) is 5.20. The van der Waals surface area contributed by atoms with Gasteiger partial charge in [-0.05, 0) is 30.3 Å². The van der Waals surface area contributed by atoms with E-state index in [2.05, 4.69) is 15.5 Å². The van der Waals surface area contributed by atoms with E-state index >= 15 is 0 Å². The summed E-state index contributed by atoms with van der Waals surface area (Å²) in [5, 5.41) is 4.98. The molecule has 0 aliphatic heterocycles. The zero-order valence-corrected chi connectivity index (χ0v) is 15.1. The van der Waals surface area contributed by atoms with Crippen molar-refractivity contribution in [3.05, 3.63) is 89.7 Å². The van der Waals surface area contributed by atoms with Crippen LogP contribution in [0.1, 0.15) is 11.1 Å². The number of rotatable bonds is 6. The highest BCUT2D eigenvalue weighted by atomic mass is 32.1. The number of hydrazone groups is 1. The summed E-state index contributed by atoms with van der Waals surface area (Å²) in [4.78, 5) is 4.47. The van der Waals surface area contributed by atoms with Crippen molar-refractivity contribution in [3.8, 4) is 5.75 Å². The normalized spacial score (nSPS) is 11.1. The molecule has 0 amide bonds. The Morgan fingerprint density at radius 1 is 1.00 bits per heavy atom. The van der Waals surface area contributed by atoms with Gasteiger partial charge in [0, 0.05) is 11.1 Å². The van der Waals surface area contributed by atoms with Crippen LogP contribution in [0.2, 0.25) is 0 Å². The maximum atomic E-state index is 13.7. The van der Waals surface area contributed by atoms with E-state index in [-0.39, 0.29) is 12.4 Å². The Kier molecular flexibility index (Phi) is 5.07. The quantitative estimate of drug-likeness (QED) is 0.358. The van der Waals surface area contributed by atoms with E-state index in [0.29, 0.717) is 11.3 Å². The minimum absolute atomic E-state index is 0.156. The van der Waals surface area contributed by atoms with Gasteiger partial charge in [-0.25, -0.2) is 9.37 Å². The number of para-hydroxylation sites is 2. The van der Waals surface area contributed by atoms with Gasteiger partial charge in [0.15, 0.2) is 0 Å². The van der Waals surface area contributed by atoms with Gasteiger partial charge in [-0.2, -0.15) is 5.10 Å². The minimum Gasteiger partial charge on any atom is -0.488 e. The molecule has 0 radical (unpaired) electrons. The van der Waals surface area contributed by atoms with E-state index in [4.69, 9.17) is 4.74 Å². The lowest BCUT2D eigenvalue weighted by atomic mass is 10.2. The Morgan fingerprint density at radius 3 is 2.67 bits per heavy atom. The van der Waals surface area contributed by atoms with Crippen LogP contribution in [0.25, 0.3) is 10.2 Å². The van der Waals surface area contributed by atoms with Crippen LogP contribution in [0.4, 0.5) is 9.52 Å². The molecule has 0 aliphatic carbocycles. The lowest BCUT2D eigenvalue weighted by Crippen LogP contribution is -2.01. The molecule has 134 valence electrons. The van der Waals surface area contributed by atoms with Crippen LogP contribution in [-0.4, -0.2) is 11.2 Å². The summed E-state index contributed by atoms with van der Waals surface area (Å²) in [6, 6.07) is 22.0. The highest BCUT2D eigenvalue weighted by Crippen LogP contribution is 2.25. The maximum Gasteiger partial charge on any atom is 0.204 e. The number of fused-ring (bicyclic) bond motifs is 1. The Balaban J connectivity index is 1.45. The van der Waals surface area contributed by atoms with Crippen molar-refractivity contribution < 1.29 is 9.13 Å². The van der Waals surface area contributed by atoms with E-state index in [1.165, 1.54) is 17.4 Å². The average molecular weight is 377 g/mol. The smallest absolute Gasteiger partial charge is 0.204 e. The highest BCUT2D eigenvalue weighted by Gasteiger charge is 2.05. The first kappa shape index (κ1) is 17.2. The molecule has 0 bridgehead atoms. The van der Waals surface area contributed by atoms with Crippen LogP contribution < -0.4 is 10.2 Å². The molecule has 4 nitrogen and oxygen atoms in total. The monoisotopic (exact) mass is 377 g/mol. The van der Waals surface area contributed by atoms with Crippen molar-refractivity contribution in [2.24, 2.45) is 5.10 Å². The summed E-state index contributed by atoms with van der Waals surface area (Å²) in [6.07, 6.45) is 1.67. The fourth-order valence-electron chi connectivity index (χ4n) is 2.57. The van der Waals surface area contributed by atoms with Crippen LogP contribution in [0.15, 0.2) is 77.9 Å². The number of nitrogens with one attached hydrogen (secondary N) is 1. The van der Waals surface area contributed by atoms with Gasteiger partial charge in [0.25, 0.3) is 0 Å². The van der Waals surface area contributed by atoms with Crippen LogP contribution in [-0.2, 0) is 6.61 Å². The first-order chi connectivity index (χ1) is 13.3. The molecule has 0 unspecified atom stereocenters. The zero-order valence-electron chi connectivity index (χ0n) is 14.3. The standard InChI is InChI=1S/C21H16FN3OS/c22-17-9-3-1-8-16(17)14-26-19-11-5-2-7-15(19)13-23-25-21-24-18-10-4-6-12-20(18)27-21/h1-13H,14H2,(H,24,25)/b23-13+. The molecular formula is C21H16FN3OS. The van der Waals surface area contributed by atoms with Gasteiger partial charge < -0.3 is 4.74 Å². The molecule has 4 rings (SSSR count). The molecular weight excluding hydrogens is 361 g/mol. The van der Waals surface area contributed by atoms with Crippen LogP contribution in [0.3, 0.4) is 0 Å². The average Bonchev–Trinajstić information content (AvgIpc) is 3.11. The molecule has 4 aromatic rings. The van der Waals surface area contributed by atoms with Gasteiger partial charge in [0.2, 0.25) is 5.13 Å². The predicted molar refractivity (Wildman–Crippen MR) is 108 cm³/mol. The molecule has 0 aliphatic rings. The second-order valence-corrected chi connectivity index (χ2v) is 6.81. The number of ether oxygens (including phenoxy) is 1. The summed E-state index contributed by atoms with van der Waals surface area (Å²) in [5.74, 6) is 0.358. The van der Waals surface area contributed by atoms with Gasteiger partial charge in [-0.1, -0.05) is 53.8 Å². The minimum atomic E-state index is -0.277. The topological polar surface area (TPSA) is 46.5 Å².